The summed E-state index contributed by atoms with van der Waals surface area (Å²) in [7, 11) is 0. The third-order valence-corrected chi connectivity index (χ3v) is 4.01. The van der Waals surface area contributed by atoms with Gasteiger partial charge in [-0.1, -0.05) is 28.9 Å². The minimum atomic E-state index is 0.824. The van der Waals surface area contributed by atoms with Crippen molar-refractivity contribution in [1.29, 1.82) is 0 Å². The van der Waals surface area contributed by atoms with E-state index in [0.717, 1.165) is 11.2 Å². The summed E-state index contributed by atoms with van der Waals surface area (Å²) in [6, 6.07) is 4.36. The van der Waals surface area contributed by atoms with Gasteiger partial charge in [0.05, 0.1) is 0 Å². The molecule has 0 N–H and O–H groups in total. The lowest BCUT2D eigenvalue weighted by Gasteiger charge is -2.05. The molecule has 0 amide bonds. The van der Waals surface area contributed by atoms with Crippen LogP contribution in [0.3, 0.4) is 0 Å². The fraction of sp³-hybridized carbons (Fsp3) is 0.600. The minimum Gasteiger partial charge on any atom is -0.149 e. The molecule has 0 saturated heterocycles. The SMILES string of the molecule is CC(CBr)CCCc1cccs1. The first-order chi connectivity index (χ1) is 5.83. The lowest BCUT2D eigenvalue weighted by atomic mass is 10.1. The average molecular weight is 247 g/mol. The summed E-state index contributed by atoms with van der Waals surface area (Å²) in [6.07, 6.45) is 3.92. The van der Waals surface area contributed by atoms with Crippen LogP contribution in [0.4, 0.5) is 0 Å². The monoisotopic (exact) mass is 246 g/mol. The van der Waals surface area contributed by atoms with Crippen LogP contribution >= 0.6 is 27.3 Å². The molecule has 0 fully saturated rings. The zero-order valence-corrected chi connectivity index (χ0v) is 9.83. The number of hydrogen-bond acceptors (Lipinski definition) is 1. The normalized spacial score (nSPS) is 13.2. The molecule has 0 nitrogen and oxygen atoms in total. The van der Waals surface area contributed by atoms with Gasteiger partial charge in [-0.15, -0.1) is 11.3 Å². The second kappa shape index (κ2) is 5.76. The van der Waals surface area contributed by atoms with E-state index in [1.54, 1.807) is 0 Å². The molecule has 2 heteroatoms. The molecular formula is C10H15BrS. The number of hydrogen-bond donors (Lipinski definition) is 0. The Hall–Kier alpha value is 0.180. The minimum absolute atomic E-state index is 0.824. The molecule has 1 heterocycles. The largest absolute Gasteiger partial charge is 0.149 e. The predicted molar refractivity (Wildman–Crippen MR) is 60.2 cm³/mol. The van der Waals surface area contributed by atoms with Crippen molar-refractivity contribution in [2.75, 3.05) is 5.33 Å². The standard InChI is InChI=1S/C10H15BrS/c1-9(8-11)4-2-5-10-6-3-7-12-10/h3,6-7,9H,2,4-5,8H2,1H3. The molecule has 0 aliphatic carbocycles. The third-order valence-electron chi connectivity index (χ3n) is 1.96. The number of rotatable bonds is 5. The van der Waals surface area contributed by atoms with Crippen LogP contribution in [-0.4, -0.2) is 5.33 Å². The fourth-order valence-electron chi connectivity index (χ4n) is 1.16. The summed E-state index contributed by atoms with van der Waals surface area (Å²) in [5.41, 5.74) is 0. The van der Waals surface area contributed by atoms with E-state index in [-0.39, 0.29) is 0 Å². The molecule has 0 aromatic carbocycles. The number of alkyl halides is 1. The fourth-order valence-corrected chi connectivity index (χ4v) is 2.23. The zero-order valence-electron chi connectivity index (χ0n) is 7.42. The first-order valence-corrected chi connectivity index (χ1v) is 6.41. The Labute approximate surface area is 87.1 Å². The highest BCUT2D eigenvalue weighted by Crippen LogP contribution is 2.15. The van der Waals surface area contributed by atoms with Gasteiger partial charge in [0.2, 0.25) is 0 Å². The van der Waals surface area contributed by atoms with Crippen LogP contribution in [0.5, 0.6) is 0 Å². The number of thiophene rings is 1. The van der Waals surface area contributed by atoms with Crippen LogP contribution < -0.4 is 0 Å². The maximum absolute atomic E-state index is 3.50. The van der Waals surface area contributed by atoms with Crippen LogP contribution in [0.25, 0.3) is 0 Å². The second-order valence-electron chi connectivity index (χ2n) is 3.23. The van der Waals surface area contributed by atoms with Gasteiger partial charge < -0.3 is 0 Å². The molecule has 0 radical (unpaired) electrons. The summed E-state index contributed by atoms with van der Waals surface area (Å²) in [5.74, 6) is 0.824. The van der Waals surface area contributed by atoms with E-state index in [2.05, 4.69) is 40.4 Å². The smallest absolute Gasteiger partial charge is 0.00570 e. The van der Waals surface area contributed by atoms with Gasteiger partial charge in [0.15, 0.2) is 0 Å². The van der Waals surface area contributed by atoms with Crippen LogP contribution in [-0.2, 0) is 6.42 Å². The highest BCUT2D eigenvalue weighted by molar-refractivity contribution is 9.09. The zero-order chi connectivity index (χ0) is 8.81. The van der Waals surface area contributed by atoms with E-state index in [9.17, 15) is 0 Å². The lowest BCUT2D eigenvalue weighted by molar-refractivity contribution is 0.568. The van der Waals surface area contributed by atoms with Crippen molar-refractivity contribution >= 4 is 27.3 Å². The summed E-state index contributed by atoms with van der Waals surface area (Å²) >= 11 is 5.37. The predicted octanol–water partition coefficient (Wildman–Crippen LogP) is 4.10. The molecule has 0 aliphatic heterocycles. The molecule has 0 bridgehead atoms. The first-order valence-electron chi connectivity index (χ1n) is 4.41. The highest BCUT2D eigenvalue weighted by atomic mass is 79.9. The van der Waals surface area contributed by atoms with Gasteiger partial charge in [-0.25, -0.2) is 0 Å². The van der Waals surface area contributed by atoms with Crippen molar-refractivity contribution < 1.29 is 0 Å². The van der Waals surface area contributed by atoms with Gasteiger partial charge in [0, 0.05) is 10.2 Å². The van der Waals surface area contributed by atoms with Gasteiger partial charge >= 0.3 is 0 Å². The number of halogens is 1. The Balaban J connectivity index is 2.11. The Morgan fingerprint density at radius 1 is 1.58 bits per heavy atom. The van der Waals surface area contributed by atoms with Gasteiger partial charge in [-0.3, -0.25) is 0 Å². The maximum atomic E-state index is 3.50. The maximum Gasteiger partial charge on any atom is 0.00570 e. The van der Waals surface area contributed by atoms with Crippen molar-refractivity contribution in [2.45, 2.75) is 26.2 Å². The molecule has 0 saturated carbocycles. The van der Waals surface area contributed by atoms with Gasteiger partial charge in [-0.2, -0.15) is 0 Å². The van der Waals surface area contributed by atoms with Crippen molar-refractivity contribution in [2.24, 2.45) is 5.92 Å². The Morgan fingerprint density at radius 3 is 3.00 bits per heavy atom. The molecule has 1 aromatic heterocycles. The first kappa shape index (κ1) is 10.3. The summed E-state index contributed by atoms with van der Waals surface area (Å²) in [6.45, 7) is 2.29. The second-order valence-corrected chi connectivity index (χ2v) is 4.91. The van der Waals surface area contributed by atoms with Crippen LogP contribution in [0.2, 0.25) is 0 Å². The molecule has 68 valence electrons. The topological polar surface area (TPSA) is 0 Å². The molecule has 1 atom stereocenters. The van der Waals surface area contributed by atoms with Gasteiger partial charge in [0.1, 0.15) is 0 Å². The molecular weight excluding hydrogens is 232 g/mol. The Kier molecular flexibility index (Phi) is 4.93. The van der Waals surface area contributed by atoms with Crippen molar-refractivity contribution in [3.05, 3.63) is 22.4 Å². The van der Waals surface area contributed by atoms with E-state index >= 15 is 0 Å². The number of aryl methyl sites for hydroxylation is 1. The summed E-state index contributed by atoms with van der Waals surface area (Å²) in [4.78, 5) is 1.52. The van der Waals surface area contributed by atoms with Crippen molar-refractivity contribution in [3.63, 3.8) is 0 Å². The highest BCUT2D eigenvalue weighted by Gasteiger charge is 1.99. The molecule has 12 heavy (non-hydrogen) atoms. The summed E-state index contributed by atoms with van der Waals surface area (Å²) in [5, 5.41) is 3.29. The Bertz CT molecular complexity index is 194. The third kappa shape index (κ3) is 3.72. The Morgan fingerprint density at radius 2 is 2.42 bits per heavy atom. The lowest BCUT2D eigenvalue weighted by Crippen LogP contribution is -1.95. The van der Waals surface area contributed by atoms with E-state index in [1.807, 2.05) is 11.3 Å². The molecule has 1 unspecified atom stereocenters. The van der Waals surface area contributed by atoms with E-state index in [4.69, 9.17) is 0 Å². The molecule has 0 spiro atoms. The van der Waals surface area contributed by atoms with E-state index in [0.29, 0.717) is 0 Å². The molecule has 0 aliphatic rings. The van der Waals surface area contributed by atoms with Crippen LogP contribution in [0, 0.1) is 5.92 Å². The molecule has 1 aromatic rings. The van der Waals surface area contributed by atoms with Crippen LogP contribution in [0.1, 0.15) is 24.6 Å². The quantitative estimate of drug-likeness (QED) is 0.687. The van der Waals surface area contributed by atoms with Gasteiger partial charge in [0.25, 0.3) is 0 Å². The van der Waals surface area contributed by atoms with Gasteiger partial charge in [-0.05, 0) is 36.6 Å². The average Bonchev–Trinajstić information content (AvgIpc) is 2.57. The molecule has 1 rings (SSSR count). The van der Waals surface area contributed by atoms with E-state index < -0.39 is 0 Å². The van der Waals surface area contributed by atoms with Crippen molar-refractivity contribution in [3.8, 4) is 0 Å². The van der Waals surface area contributed by atoms with Crippen LogP contribution in [0.15, 0.2) is 17.5 Å². The van der Waals surface area contributed by atoms with Crippen molar-refractivity contribution in [1.82, 2.24) is 0 Å². The summed E-state index contributed by atoms with van der Waals surface area (Å²) < 4.78 is 0. The van der Waals surface area contributed by atoms with E-state index in [1.165, 1.54) is 24.1 Å².